The van der Waals surface area contributed by atoms with Crippen LogP contribution in [0.2, 0.25) is 0 Å². The molecule has 0 saturated heterocycles. The van der Waals surface area contributed by atoms with Gasteiger partial charge in [-0.05, 0) is 12.1 Å². The van der Waals surface area contributed by atoms with Crippen molar-refractivity contribution in [2.45, 2.75) is 4.90 Å². The maximum Gasteiger partial charge on any atom is 0.139 e. The molecule has 0 radical (unpaired) electrons. The molecule has 0 atom stereocenters. The van der Waals surface area contributed by atoms with E-state index in [-0.39, 0.29) is 0 Å². The molecule has 0 heterocycles. The monoisotopic (exact) mass is 166 g/mol. The zero-order chi connectivity index (χ0) is 8.10. The van der Waals surface area contributed by atoms with Crippen molar-refractivity contribution < 1.29 is 4.74 Å². The average molecular weight is 166 g/mol. The van der Waals surface area contributed by atoms with Gasteiger partial charge in [0, 0.05) is 12.0 Å². The topological polar surface area (TPSA) is 9.23 Å². The summed E-state index contributed by atoms with van der Waals surface area (Å²) < 4.78 is 4.94. The SMILES string of the molecule is Bc1ccc(SCOC)cc1. The van der Waals surface area contributed by atoms with Gasteiger partial charge in [0.05, 0.1) is 5.94 Å². The molecule has 0 fully saturated rings. The molecule has 11 heavy (non-hydrogen) atoms. The summed E-state index contributed by atoms with van der Waals surface area (Å²) in [7, 11) is 3.80. The molecule has 1 nitrogen and oxygen atoms in total. The maximum atomic E-state index is 4.94. The van der Waals surface area contributed by atoms with E-state index in [1.165, 1.54) is 10.4 Å². The first kappa shape index (κ1) is 8.69. The average Bonchev–Trinajstić information content (AvgIpc) is 2.04. The molecule has 3 heteroatoms. The lowest BCUT2D eigenvalue weighted by atomic mass is 9.97. The van der Waals surface area contributed by atoms with Gasteiger partial charge >= 0.3 is 0 Å². The molecule has 0 saturated carbocycles. The lowest BCUT2D eigenvalue weighted by Gasteiger charge is -1.99. The van der Waals surface area contributed by atoms with Crippen molar-refractivity contribution >= 4 is 25.1 Å². The summed E-state index contributed by atoms with van der Waals surface area (Å²) in [6.45, 7) is 0. The second-order valence-electron chi connectivity index (χ2n) is 2.36. The van der Waals surface area contributed by atoms with Crippen LogP contribution in [0.25, 0.3) is 0 Å². The minimum absolute atomic E-state index is 0.725. The van der Waals surface area contributed by atoms with Crippen molar-refractivity contribution in [3.63, 3.8) is 0 Å². The van der Waals surface area contributed by atoms with Gasteiger partial charge in [-0.1, -0.05) is 29.4 Å². The second kappa shape index (κ2) is 4.47. The second-order valence-corrected chi connectivity index (χ2v) is 3.36. The smallest absolute Gasteiger partial charge is 0.139 e. The number of rotatable bonds is 3. The van der Waals surface area contributed by atoms with Crippen molar-refractivity contribution in [2.24, 2.45) is 0 Å². The summed E-state index contributed by atoms with van der Waals surface area (Å²) in [5.74, 6) is 0.725. The fraction of sp³-hybridized carbons (Fsp3) is 0.250. The van der Waals surface area contributed by atoms with Gasteiger partial charge in [-0.25, -0.2) is 0 Å². The molecule has 1 aromatic carbocycles. The zero-order valence-corrected chi connectivity index (χ0v) is 7.65. The third-order valence-corrected chi connectivity index (χ3v) is 2.32. The van der Waals surface area contributed by atoms with Gasteiger partial charge in [0.1, 0.15) is 7.85 Å². The van der Waals surface area contributed by atoms with E-state index >= 15 is 0 Å². The Hall–Kier alpha value is -0.405. The highest BCUT2D eigenvalue weighted by atomic mass is 32.2. The molecule has 0 aromatic heterocycles. The summed E-state index contributed by atoms with van der Waals surface area (Å²) >= 11 is 1.71. The minimum atomic E-state index is 0.725. The van der Waals surface area contributed by atoms with Crippen LogP contribution in [-0.4, -0.2) is 20.9 Å². The van der Waals surface area contributed by atoms with Crippen molar-refractivity contribution in [3.8, 4) is 0 Å². The largest absolute Gasteiger partial charge is 0.374 e. The fourth-order valence-electron chi connectivity index (χ4n) is 0.761. The van der Waals surface area contributed by atoms with Crippen LogP contribution in [-0.2, 0) is 4.74 Å². The Balaban J connectivity index is 2.52. The van der Waals surface area contributed by atoms with E-state index in [1.807, 2.05) is 0 Å². The fourth-order valence-corrected chi connectivity index (χ4v) is 1.34. The first-order valence-electron chi connectivity index (χ1n) is 3.51. The Labute approximate surface area is 72.5 Å². The summed E-state index contributed by atoms with van der Waals surface area (Å²) in [5, 5.41) is 0. The highest BCUT2D eigenvalue weighted by Crippen LogP contribution is 2.15. The third kappa shape index (κ3) is 2.99. The highest BCUT2D eigenvalue weighted by molar-refractivity contribution is 7.99. The summed E-state index contributed by atoms with van der Waals surface area (Å²) in [4.78, 5) is 1.26. The standard InChI is InChI=1S/C8H11BOS/c1-10-6-11-8-4-2-7(9)3-5-8/h2-5H,6,9H2,1H3. The van der Waals surface area contributed by atoms with Gasteiger partial charge in [-0.3, -0.25) is 0 Å². The molecule has 0 N–H and O–H groups in total. The van der Waals surface area contributed by atoms with Crippen molar-refractivity contribution in [1.29, 1.82) is 0 Å². The van der Waals surface area contributed by atoms with Crippen LogP contribution < -0.4 is 5.46 Å². The Morgan fingerprint density at radius 1 is 1.36 bits per heavy atom. The quantitative estimate of drug-likeness (QED) is 0.370. The molecule has 0 spiro atoms. The first-order valence-corrected chi connectivity index (χ1v) is 4.50. The molecule has 58 valence electrons. The number of ether oxygens (including phenoxy) is 1. The molecule has 0 aliphatic heterocycles. The van der Waals surface area contributed by atoms with Crippen molar-refractivity contribution in [3.05, 3.63) is 24.3 Å². The molecule has 0 bridgehead atoms. The lowest BCUT2D eigenvalue weighted by Crippen LogP contribution is -1.98. The van der Waals surface area contributed by atoms with Gasteiger partial charge < -0.3 is 4.74 Å². The molecule has 1 aromatic rings. The van der Waals surface area contributed by atoms with Crippen LogP contribution in [0.1, 0.15) is 0 Å². The normalized spacial score (nSPS) is 9.91. The molecule has 0 aliphatic carbocycles. The number of thioether (sulfide) groups is 1. The van der Waals surface area contributed by atoms with Crippen LogP contribution in [0.4, 0.5) is 0 Å². The Morgan fingerprint density at radius 2 is 2.00 bits per heavy atom. The van der Waals surface area contributed by atoms with E-state index in [4.69, 9.17) is 4.74 Å². The Bertz CT molecular complexity index is 210. The van der Waals surface area contributed by atoms with E-state index < -0.39 is 0 Å². The predicted octanol–water partition coefficient (Wildman–Crippen LogP) is 0.641. The number of hydrogen-bond donors (Lipinski definition) is 0. The number of methoxy groups -OCH3 is 1. The van der Waals surface area contributed by atoms with Crippen LogP contribution in [0.15, 0.2) is 29.2 Å². The summed E-state index contributed by atoms with van der Waals surface area (Å²) in [5.41, 5.74) is 1.30. The van der Waals surface area contributed by atoms with Crippen LogP contribution in [0, 0.1) is 0 Å². The molecule has 1 rings (SSSR count). The number of benzene rings is 1. The third-order valence-electron chi connectivity index (χ3n) is 1.36. The van der Waals surface area contributed by atoms with Crippen molar-refractivity contribution in [1.82, 2.24) is 0 Å². The zero-order valence-electron chi connectivity index (χ0n) is 6.83. The van der Waals surface area contributed by atoms with E-state index in [2.05, 4.69) is 32.1 Å². The van der Waals surface area contributed by atoms with Gasteiger partial charge in [0.15, 0.2) is 0 Å². The summed E-state index contributed by atoms with van der Waals surface area (Å²) in [6.07, 6.45) is 0. The van der Waals surface area contributed by atoms with Gasteiger partial charge in [-0.2, -0.15) is 0 Å². The molecule has 0 unspecified atom stereocenters. The minimum Gasteiger partial charge on any atom is -0.374 e. The Morgan fingerprint density at radius 3 is 2.55 bits per heavy atom. The van der Waals surface area contributed by atoms with Gasteiger partial charge in [0.25, 0.3) is 0 Å². The number of hydrogen-bond acceptors (Lipinski definition) is 2. The lowest BCUT2D eigenvalue weighted by molar-refractivity contribution is 0.259. The molecule has 0 aliphatic rings. The van der Waals surface area contributed by atoms with E-state index in [9.17, 15) is 0 Å². The predicted molar refractivity (Wildman–Crippen MR) is 52.4 cm³/mol. The molecule has 0 amide bonds. The maximum absolute atomic E-state index is 4.94. The van der Waals surface area contributed by atoms with Crippen LogP contribution in [0.5, 0.6) is 0 Å². The molecular weight excluding hydrogens is 155 g/mol. The Kier molecular flexibility index (Phi) is 3.53. The first-order chi connectivity index (χ1) is 5.33. The van der Waals surface area contributed by atoms with E-state index in [0.29, 0.717) is 0 Å². The van der Waals surface area contributed by atoms with E-state index in [1.54, 1.807) is 18.9 Å². The summed E-state index contributed by atoms with van der Waals surface area (Å²) in [6, 6.07) is 8.44. The molecular formula is C8H11BOS. The highest BCUT2D eigenvalue weighted by Gasteiger charge is 1.90. The van der Waals surface area contributed by atoms with Crippen LogP contribution >= 0.6 is 11.8 Å². The van der Waals surface area contributed by atoms with Crippen LogP contribution in [0.3, 0.4) is 0 Å². The van der Waals surface area contributed by atoms with Gasteiger partial charge in [0.2, 0.25) is 0 Å². The van der Waals surface area contributed by atoms with Gasteiger partial charge in [-0.15, -0.1) is 0 Å². The van der Waals surface area contributed by atoms with Crippen molar-refractivity contribution in [2.75, 3.05) is 13.0 Å². The van der Waals surface area contributed by atoms with E-state index in [0.717, 1.165) is 5.94 Å².